The second-order valence-electron chi connectivity index (χ2n) is 18.4. The van der Waals surface area contributed by atoms with Gasteiger partial charge >= 0.3 is 12.1 Å². The van der Waals surface area contributed by atoms with Gasteiger partial charge in [0.2, 0.25) is 23.5 Å². The Morgan fingerprint density at radius 2 is 1.59 bits per heavy atom. The Morgan fingerprint density at radius 1 is 0.926 bits per heavy atom. The van der Waals surface area contributed by atoms with Crippen LogP contribution in [-0.4, -0.2) is 102 Å². The summed E-state index contributed by atoms with van der Waals surface area (Å²) in [5.41, 5.74) is -1.27. The van der Waals surface area contributed by atoms with E-state index >= 15 is 0 Å². The van der Waals surface area contributed by atoms with Crippen molar-refractivity contribution >= 4 is 41.5 Å². The van der Waals surface area contributed by atoms with Gasteiger partial charge in [-0.25, -0.2) is 9.59 Å². The molecule has 1 unspecified atom stereocenters. The van der Waals surface area contributed by atoms with Crippen molar-refractivity contribution in [2.75, 3.05) is 26.2 Å². The average molecular weight is 754 g/mol. The maximum absolute atomic E-state index is 14.8. The van der Waals surface area contributed by atoms with Crippen LogP contribution < -0.4 is 26.6 Å². The maximum Gasteiger partial charge on any atom is 0.323 e. The summed E-state index contributed by atoms with van der Waals surface area (Å²) in [5.74, 6) is -2.22. The predicted octanol–water partition coefficient (Wildman–Crippen LogP) is 3.40. The monoisotopic (exact) mass is 753 g/mol. The minimum Gasteiger partial charge on any atom is -0.346 e. The van der Waals surface area contributed by atoms with Gasteiger partial charge in [0.1, 0.15) is 12.1 Å². The van der Waals surface area contributed by atoms with Crippen LogP contribution in [0.5, 0.6) is 0 Å². The highest BCUT2D eigenvalue weighted by atomic mass is 16.2. The zero-order chi connectivity index (χ0) is 39.6. The molecule has 54 heavy (non-hydrogen) atoms. The molecular formula is C40H63N7O7. The summed E-state index contributed by atoms with van der Waals surface area (Å²) in [5, 5.41) is 13.5. The minimum absolute atomic E-state index is 0.0474. The predicted molar refractivity (Wildman–Crippen MR) is 203 cm³/mol. The molecule has 2 saturated heterocycles. The summed E-state index contributed by atoms with van der Waals surface area (Å²) in [6, 6.07) is -4.95. The molecule has 14 heteroatoms. The summed E-state index contributed by atoms with van der Waals surface area (Å²) in [6.07, 6.45) is 9.97. The number of carbonyl (C=O) groups is 7. The second kappa shape index (κ2) is 16.4. The Kier molecular flexibility index (Phi) is 12.5. The third kappa shape index (κ3) is 9.45. The fraction of sp³-hybridized carbons (Fsp3) is 0.775. The van der Waals surface area contributed by atoms with Crippen LogP contribution in [0.1, 0.15) is 112 Å². The van der Waals surface area contributed by atoms with Gasteiger partial charge < -0.3 is 31.1 Å². The van der Waals surface area contributed by atoms with E-state index in [1.54, 1.807) is 9.80 Å². The number of urea groups is 2. The number of imide groups is 1. The number of amides is 8. The van der Waals surface area contributed by atoms with Gasteiger partial charge in [-0.3, -0.25) is 29.3 Å². The van der Waals surface area contributed by atoms with Gasteiger partial charge in [-0.2, -0.15) is 0 Å². The third-order valence-corrected chi connectivity index (χ3v) is 12.9. The lowest BCUT2D eigenvalue weighted by molar-refractivity contribution is -0.146. The Bertz CT molecular complexity index is 1490. The fourth-order valence-corrected chi connectivity index (χ4v) is 9.02. The lowest BCUT2D eigenvalue weighted by Gasteiger charge is -2.43. The number of likely N-dealkylation sites (tertiary alicyclic amines) is 2. The number of hydrogen-bond donors (Lipinski definition) is 5. The maximum atomic E-state index is 14.8. The topological polar surface area (TPSA) is 186 Å². The van der Waals surface area contributed by atoms with E-state index in [-0.39, 0.29) is 35.6 Å². The van der Waals surface area contributed by atoms with Crippen LogP contribution in [0.3, 0.4) is 0 Å². The van der Waals surface area contributed by atoms with Crippen molar-refractivity contribution in [3.8, 4) is 0 Å². The van der Waals surface area contributed by atoms with Crippen molar-refractivity contribution in [3.05, 3.63) is 12.7 Å². The van der Waals surface area contributed by atoms with E-state index in [0.717, 1.165) is 44.9 Å². The second-order valence-corrected chi connectivity index (χ2v) is 18.4. The first-order valence-electron chi connectivity index (χ1n) is 20.1. The molecule has 2 aliphatic heterocycles. The van der Waals surface area contributed by atoms with Crippen molar-refractivity contribution in [1.29, 1.82) is 0 Å². The Balaban J connectivity index is 1.32. The lowest BCUT2D eigenvalue weighted by atomic mass is 9.70. The normalized spacial score (nSPS) is 26.0. The molecule has 0 spiro atoms. The van der Waals surface area contributed by atoms with E-state index in [2.05, 4.69) is 47.0 Å². The molecule has 8 amide bonds. The van der Waals surface area contributed by atoms with Gasteiger partial charge in [-0.15, -0.1) is 6.58 Å². The van der Waals surface area contributed by atoms with Crippen LogP contribution in [0.4, 0.5) is 9.59 Å². The highest BCUT2D eigenvalue weighted by molar-refractivity contribution is 6.38. The molecule has 3 saturated carbocycles. The van der Waals surface area contributed by atoms with Crippen LogP contribution in [0.2, 0.25) is 0 Å². The summed E-state index contributed by atoms with van der Waals surface area (Å²) in [7, 11) is 0. The number of nitrogens with zero attached hydrogens (tertiary/aromatic N) is 2. The molecule has 0 bridgehead atoms. The van der Waals surface area contributed by atoms with Gasteiger partial charge in [0.25, 0.3) is 5.91 Å². The molecule has 5 fully saturated rings. The van der Waals surface area contributed by atoms with Gasteiger partial charge in [-0.1, -0.05) is 79.7 Å². The number of piperidine rings is 2. The van der Waals surface area contributed by atoms with Gasteiger partial charge in [-0.05, 0) is 66.1 Å². The van der Waals surface area contributed by atoms with Crippen molar-refractivity contribution in [3.63, 3.8) is 0 Å². The Labute approximate surface area is 320 Å². The molecule has 0 aromatic heterocycles. The van der Waals surface area contributed by atoms with Crippen LogP contribution in [0.15, 0.2) is 12.7 Å². The van der Waals surface area contributed by atoms with E-state index in [1.165, 1.54) is 6.08 Å². The summed E-state index contributed by atoms with van der Waals surface area (Å²) >= 11 is 0. The first kappa shape index (κ1) is 41.2. The minimum atomic E-state index is -1.03. The highest BCUT2D eigenvalue weighted by Crippen LogP contribution is 2.65. The molecule has 5 N–H and O–H groups in total. The summed E-state index contributed by atoms with van der Waals surface area (Å²) < 4.78 is 0. The Morgan fingerprint density at radius 3 is 2.20 bits per heavy atom. The van der Waals surface area contributed by atoms with Crippen LogP contribution in [-0.2, 0) is 24.0 Å². The fourth-order valence-electron chi connectivity index (χ4n) is 9.02. The number of Topliss-reactive ketones (excluding diaryl/α,β-unsaturated/α-hetero) is 1. The van der Waals surface area contributed by atoms with Crippen molar-refractivity contribution < 1.29 is 33.6 Å². The number of fused-ring (bicyclic) bond motifs is 1. The molecular weight excluding hydrogens is 690 g/mol. The molecule has 6 atom stereocenters. The molecule has 3 aliphatic carbocycles. The standard InChI is InChI=1S/C40H63N7O7/c1-8-19-41-34(51)31(49)26(21-24-15-16-24)42-33(50)30-29-25(39(29,5)6)22-47(30)35(52)32(40(7)17-11-9-12-18-40)44-37(54)45-36(53)43-27(38(2,3)4)23-46-20-13-10-14-28(46)48/h8,24-27,29-30,32H,1,9-23H2,2-7H3,(H,41,51)(H,42,50)(H3,43,44,45,53,54)/t25-,26?,27+,29-,30-,32+/m0/s1. The highest BCUT2D eigenvalue weighted by Gasteiger charge is 2.70. The van der Waals surface area contributed by atoms with E-state index in [0.29, 0.717) is 45.3 Å². The first-order valence-corrected chi connectivity index (χ1v) is 20.1. The zero-order valence-electron chi connectivity index (χ0n) is 33.2. The summed E-state index contributed by atoms with van der Waals surface area (Å²) in [4.78, 5) is 97.7. The van der Waals surface area contributed by atoms with Crippen LogP contribution in [0, 0.1) is 34.0 Å². The third-order valence-electron chi connectivity index (χ3n) is 12.9. The van der Waals surface area contributed by atoms with E-state index in [1.807, 2.05) is 27.7 Å². The molecule has 300 valence electrons. The Hall–Kier alpha value is -3.97. The largest absolute Gasteiger partial charge is 0.346 e. The number of carbonyl (C=O) groups excluding carboxylic acids is 7. The lowest BCUT2D eigenvalue weighted by Crippen LogP contribution is -2.63. The van der Waals surface area contributed by atoms with E-state index in [4.69, 9.17) is 0 Å². The molecule has 14 nitrogen and oxygen atoms in total. The number of hydrogen-bond acceptors (Lipinski definition) is 7. The molecule has 5 aliphatic rings. The number of ketones is 1. The molecule has 0 aromatic carbocycles. The zero-order valence-corrected chi connectivity index (χ0v) is 33.2. The smallest absolute Gasteiger partial charge is 0.323 e. The molecule has 5 rings (SSSR count). The van der Waals surface area contributed by atoms with Crippen LogP contribution in [0.25, 0.3) is 0 Å². The van der Waals surface area contributed by atoms with Crippen molar-refractivity contribution in [1.82, 2.24) is 36.4 Å². The quantitative estimate of drug-likeness (QED) is 0.133. The molecule has 0 radical (unpaired) electrons. The van der Waals surface area contributed by atoms with Gasteiger partial charge in [0, 0.05) is 32.6 Å². The summed E-state index contributed by atoms with van der Waals surface area (Å²) in [6.45, 7) is 16.9. The number of rotatable bonds is 14. The van der Waals surface area contributed by atoms with Crippen LogP contribution >= 0.6 is 0 Å². The first-order chi connectivity index (χ1) is 25.4. The molecule has 2 heterocycles. The van der Waals surface area contributed by atoms with Gasteiger partial charge in [0.15, 0.2) is 0 Å². The SMILES string of the molecule is C=CCNC(=O)C(=O)C(CC1CC1)NC(=O)[C@@H]1[C@@H]2[C@H](CN1C(=O)[C@@H](NC(=O)NC(=O)N[C@H](CN1CCCCC1=O)C(C)(C)C)C1(C)CCCCC1)C2(C)C. The average Bonchev–Trinajstić information content (AvgIpc) is 3.96. The van der Waals surface area contributed by atoms with E-state index in [9.17, 15) is 33.6 Å². The molecule has 0 aromatic rings. The van der Waals surface area contributed by atoms with Crippen molar-refractivity contribution in [2.24, 2.45) is 34.0 Å². The number of nitrogens with one attached hydrogen (secondary N) is 5. The van der Waals surface area contributed by atoms with Gasteiger partial charge in [0.05, 0.1) is 12.1 Å². The van der Waals surface area contributed by atoms with Crippen molar-refractivity contribution in [2.45, 2.75) is 136 Å². The van der Waals surface area contributed by atoms with E-state index < -0.39 is 70.6 Å².